The fourth-order valence-electron chi connectivity index (χ4n) is 2.96. The number of ether oxygens (including phenoxy) is 2. The molecule has 0 aromatic carbocycles. The molecular weight excluding hydrogens is 284 g/mol. The van der Waals surface area contributed by atoms with E-state index in [0.717, 1.165) is 0 Å². The standard InChI is InChI=1S/C16H26N2O4/c1-11(19)17-9-7-8-12(17)13-10-21-16(5,6)18(13)14(20)22-15(2,3)4/h7-8,12-13H,9-10H2,1-6H3/t12?,13-/m0/s1. The predicted octanol–water partition coefficient (Wildman–Crippen LogP) is 2.15. The molecule has 2 atom stereocenters. The van der Waals surface area contributed by atoms with Gasteiger partial charge in [-0.1, -0.05) is 12.2 Å². The van der Waals surface area contributed by atoms with E-state index in [1.54, 1.807) is 16.7 Å². The number of rotatable bonds is 1. The molecule has 1 fully saturated rings. The van der Waals surface area contributed by atoms with Gasteiger partial charge >= 0.3 is 6.09 Å². The summed E-state index contributed by atoms with van der Waals surface area (Å²) in [5, 5.41) is 0. The van der Waals surface area contributed by atoms with Gasteiger partial charge in [0.25, 0.3) is 0 Å². The molecule has 0 aromatic heterocycles. The third kappa shape index (κ3) is 3.27. The van der Waals surface area contributed by atoms with Crippen molar-refractivity contribution in [1.29, 1.82) is 0 Å². The Morgan fingerprint density at radius 1 is 1.32 bits per heavy atom. The van der Waals surface area contributed by atoms with Crippen LogP contribution in [0.3, 0.4) is 0 Å². The number of hydrogen-bond acceptors (Lipinski definition) is 4. The highest BCUT2D eigenvalue weighted by Gasteiger charge is 2.50. The van der Waals surface area contributed by atoms with E-state index in [1.807, 2.05) is 46.8 Å². The highest BCUT2D eigenvalue weighted by Crippen LogP contribution is 2.33. The van der Waals surface area contributed by atoms with Crippen LogP contribution >= 0.6 is 0 Å². The van der Waals surface area contributed by atoms with Crippen molar-refractivity contribution in [2.75, 3.05) is 13.2 Å². The quantitative estimate of drug-likeness (QED) is 0.696. The Morgan fingerprint density at radius 2 is 1.95 bits per heavy atom. The Bertz CT molecular complexity index is 493. The van der Waals surface area contributed by atoms with Crippen molar-refractivity contribution in [2.24, 2.45) is 0 Å². The van der Waals surface area contributed by atoms with Crippen LogP contribution in [-0.2, 0) is 14.3 Å². The highest BCUT2D eigenvalue weighted by molar-refractivity contribution is 5.75. The first-order valence-corrected chi connectivity index (χ1v) is 7.63. The summed E-state index contributed by atoms with van der Waals surface area (Å²) in [5.74, 6) is -0.0103. The molecule has 0 N–H and O–H groups in total. The average molecular weight is 310 g/mol. The normalized spacial score (nSPS) is 27.4. The summed E-state index contributed by atoms with van der Waals surface area (Å²) in [4.78, 5) is 27.8. The van der Waals surface area contributed by atoms with Gasteiger partial charge in [0.15, 0.2) is 0 Å². The Hall–Kier alpha value is -1.56. The van der Waals surface area contributed by atoms with Crippen molar-refractivity contribution in [3.05, 3.63) is 12.2 Å². The molecule has 2 heterocycles. The van der Waals surface area contributed by atoms with Gasteiger partial charge in [-0.25, -0.2) is 4.79 Å². The lowest BCUT2D eigenvalue weighted by atomic mass is 10.1. The zero-order chi connectivity index (χ0) is 16.7. The summed E-state index contributed by atoms with van der Waals surface area (Å²) in [7, 11) is 0. The third-order valence-electron chi connectivity index (χ3n) is 3.90. The number of carbonyl (C=O) groups excluding carboxylic acids is 2. The van der Waals surface area contributed by atoms with Gasteiger partial charge < -0.3 is 14.4 Å². The van der Waals surface area contributed by atoms with E-state index < -0.39 is 17.4 Å². The van der Waals surface area contributed by atoms with Crippen molar-refractivity contribution in [1.82, 2.24) is 9.80 Å². The van der Waals surface area contributed by atoms with E-state index in [0.29, 0.717) is 13.2 Å². The van der Waals surface area contributed by atoms with Crippen molar-refractivity contribution >= 4 is 12.0 Å². The maximum atomic E-state index is 12.6. The smallest absolute Gasteiger partial charge is 0.412 e. The minimum atomic E-state index is -0.758. The van der Waals surface area contributed by atoms with E-state index in [9.17, 15) is 9.59 Å². The number of carbonyl (C=O) groups is 2. The molecule has 1 unspecified atom stereocenters. The van der Waals surface area contributed by atoms with Gasteiger partial charge in [0, 0.05) is 13.5 Å². The number of amides is 2. The van der Waals surface area contributed by atoms with Crippen LogP contribution in [0.5, 0.6) is 0 Å². The summed E-state index contributed by atoms with van der Waals surface area (Å²) in [5.41, 5.74) is -1.34. The summed E-state index contributed by atoms with van der Waals surface area (Å²) in [6, 6.07) is -0.417. The third-order valence-corrected chi connectivity index (χ3v) is 3.90. The summed E-state index contributed by atoms with van der Waals surface area (Å²) in [6.45, 7) is 11.7. The zero-order valence-electron chi connectivity index (χ0n) is 14.3. The molecule has 0 spiro atoms. The molecule has 0 radical (unpaired) electrons. The molecule has 0 aliphatic carbocycles. The van der Waals surface area contributed by atoms with Crippen LogP contribution < -0.4 is 0 Å². The SMILES string of the molecule is CC(=O)N1CC=CC1[C@@H]1COC(C)(C)N1C(=O)OC(C)(C)C. The van der Waals surface area contributed by atoms with Gasteiger partial charge in [-0.2, -0.15) is 0 Å². The lowest BCUT2D eigenvalue weighted by molar-refractivity contribution is -0.130. The van der Waals surface area contributed by atoms with Crippen LogP contribution in [0.1, 0.15) is 41.5 Å². The Labute approximate surface area is 132 Å². The van der Waals surface area contributed by atoms with Crippen molar-refractivity contribution in [3.63, 3.8) is 0 Å². The van der Waals surface area contributed by atoms with E-state index in [-0.39, 0.29) is 18.0 Å². The van der Waals surface area contributed by atoms with Crippen LogP contribution in [-0.4, -0.2) is 58.4 Å². The monoisotopic (exact) mass is 310 g/mol. The van der Waals surface area contributed by atoms with Crippen molar-refractivity contribution < 1.29 is 19.1 Å². The van der Waals surface area contributed by atoms with Crippen LogP contribution in [0.25, 0.3) is 0 Å². The summed E-state index contributed by atoms with van der Waals surface area (Å²) < 4.78 is 11.3. The molecule has 2 aliphatic heterocycles. The molecule has 0 bridgehead atoms. The molecule has 0 aromatic rings. The van der Waals surface area contributed by atoms with E-state index in [2.05, 4.69) is 0 Å². The topological polar surface area (TPSA) is 59.1 Å². The molecule has 22 heavy (non-hydrogen) atoms. The van der Waals surface area contributed by atoms with Crippen LogP contribution in [0.2, 0.25) is 0 Å². The zero-order valence-corrected chi connectivity index (χ0v) is 14.3. The van der Waals surface area contributed by atoms with Gasteiger partial charge in [-0.15, -0.1) is 0 Å². The number of nitrogens with zero attached hydrogens (tertiary/aromatic N) is 2. The highest BCUT2D eigenvalue weighted by atomic mass is 16.6. The van der Waals surface area contributed by atoms with E-state index in [4.69, 9.17) is 9.47 Å². The van der Waals surface area contributed by atoms with Gasteiger partial charge in [0.05, 0.1) is 18.7 Å². The number of hydrogen-bond donors (Lipinski definition) is 0. The summed E-state index contributed by atoms with van der Waals surface area (Å²) >= 11 is 0. The molecule has 2 aliphatic rings. The van der Waals surface area contributed by atoms with Crippen LogP contribution in [0.4, 0.5) is 4.79 Å². The van der Waals surface area contributed by atoms with Crippen LogP contribution in [0, 0.1) is 0 Å². The second-order valence-corrected chi connectivity index (χ2v) is 7.27. The average Bonchev–Trinajstić information content (AvgIpc) is 2.89. The van der Waals surface area contributed by atoms with Gasteiger partial charge in [-0.05, 0) is 34.6 Å². The second kappa shape index (κ2) is 5.57. The predicted molar refractivity (Wildman–Crippen MR) is 82.2 cm³/mol. The maximum Gasteiger partial charge on any atom is 0.412 e. The summed E-state index contributed by atoms with van der Waals surface area (Å²) in [6.07, 6.45) is 3.50. The molecule has 1 saturated heterocycles. The van der Waals surface area contributed by atoms with Crippen LogP contribution in [0.15, 0.2) is 12.2 Å². The lowest BCUT2D eigenvalue weighted by Crippen LogP contribution is -2.56. The van der Waals surface area contributed by atoms with Gasteiger partial charge in [0.2, 0.25) is 5.91 Å². The fourth-order valence-corrected chi connectivity index (χ4v) is 2.96. The first-order valence-electron chi connectivity index (χ1n) is 7.63. The fraction of sp³-hybridized carbons (Fsp3) is 0.750. The second-order valence-electron chi connectivity index (χ2n) is 7.27. The van der Waals surface area contributed by atoms with Gasteiger partial charge in [0.1, 0.15) is 11.3 Å². The van der Waals surface area contributed by atoms with Gasteiger partial charge in [-0.3, -0.25) is 9.69 Å². The first kappa shape index (κ1) is 16.8. The Kier molecular flexibility index (Phi) is 4.26. The van der Waals surface area contributed by atoms with Crippen molar-refractivity contribution in [3.8, 4) is 0 Å². The molecule has 6 nitrogen and oxygen atoms in total. The molecule has 2 rings (SSSR count). The molecule has 0 saturated carbocycles. The minimum absolute atomic E-state index is 0.0103. The largest absolute Gasteiger partial charge is 0.444 e. The molecule has 2 amide bonds. The van der Waals surface area contributed by atoms with E-state index >= 15 is 0 Å². The molecule has 124 valence electrons. The lowest BCUT2D eigenvalue weighted by Gasteiger charge is -2.38. The molecule has 6 heteroatoms. The van der Waals surface area contributed by atoms with Crippen molar-refractivity contribution in [2.45, 2.75) is 65.0 Å². The minimum Gasteiger partial charge on any atom is -0.444 e. The molecular formula is C16H26N2O4. The first-order chi connectivity index (χ1) is 10.0. The Morgan fingerprint density at radius 3 is 2.50 bits per heavy atom. The maximum absolute atomic E-state index is 12.6. The Balaban J connectivity index is 2.25. The van der Waals surface area contributed by atoms with E-state index in [1.165, 1.54) is 0 Å².